The Kier molecular flexibility index (Phi) is 4.19. The minimum absolute atomic E-state index is 0.00507. The Morgan fingerprint density at radius 1 is 1.19 bits per heavy atom. The van der Waals surface area contributed by atoms with Crippen molar-refractivity contribution in [3.05, 3.63) is 5.21 Å². The average molecular weight is 228 g/mol. The SMILES string of the molecule is CNC1CCC(C[N+]2([O-])CCOCC2)CC1. The Morgan fingerprint density at radius 2 is 1.81 bits per heavy atom. The summed E-state index contributed by atoms with van der Waals surface area (Å²) >= 11 is 0. The summed E-state index contributed by atoms with van der Waals surface area (Å²) in [4.78, 5) is 0. The molecule has 4 heteroatoms. The van der Waals surface area contributed by atoms with Crippen molar-refractivity contribution in [2.75, 3.05) is 39.9 Å². The molecule has 0 aromatic carbocycles. The predicted molar refractivity (Wildman–Crippen MR) is 63.9 cm³/mol. The lowest BCUT2D eigenvalue weighted by atomic mass is 9.85. The molecule has 1 aliphatic carbocycles. The highest BCUT2D eigenvalue weighted by atomic mass is 16.6. The first-order chi connectivity index (χ1) is 7.72. The lowest BCUT2D eigenvalue weighted by Gasteiger charge is -2.47. The van der Waals surface area contributed by atoms with E-state index in [1.54, 1.807) is 0 Å². The van der Waals surface area contributed by atoms with Crippen molar-refractivity contribution >= 4 is 0 Å². The number of nitrogens with one attached hydrogen (secondary N) is 1. The van der Waals surface area contributed by atoms with Gasteiger partial charge in [0.25, 0.3) is 0 Å². The molecule has 94 valence electrons. The van der Waals surface area contributed by atoms with Crippen molar-refractivity contribution in [2.45, 2.75) is 31.7 Å². The van der Waals surface area contributed by atoms with Crippen LogP contribution in [0.3, 0.4) is 0 Å². The summed E-state index contributed by atoms with van der Waals surface area (Å²) in [6.07, 6.45) is 4.90. The van der Waals surface area contributed by atoms with Crippen LogP contribution in [0.15, 0.2) is 0 Å². The Balaban J connectivity index is 1.77. The molecular weight excluding hydrogens is 204 g/mol. The van der Waals surface area contributed by atoms with Crippen LogP contribution in [0.2, 0.25) is 0 Å². The molecule has 1 aliphatic heterocycles. The van der Waals surface area contributed by atoms with Crippen LogP contribution in [0.25, 0.3) is 0 Å². The van der Waals surface area contributed by atoms with Gasteiger partial charge in [-0.1, -0.05) is 0 Å². The van der Waals surface area contributed by atoms with Crippen LogP contribution in [0.5, 0.6) is 0 Å². The van der Waals surface area contributed by atoms with Crippen LogP contribution in [-0.4, -0.2) is 50.6 Å². The quantitative estimate of drug-likeness (QED) is 0.581. The van der Waals surface area contributed by atoms with Gasteiger partial charge in [0, 0.05) is 12.0 Å². The number of morpholine rings is 1. The zero-order valence-corrected chi connectivity index (χ0v) is 10.3. The summed E-state index contributed by atoms with van der Waals surface area (Å²) in [5, 5.41) is 15.7. The van der Waals surface area contributed by atoms with E-state index in [0.717, 1.165) is 6.54 Å². The third-order valence-corrected chi connectivity index (χ3v) is 4.13. The van der Waals surface area contributed by atoms with Crippen molar-refractivity contribution in [1.82, 2.24) is 5.32 Å². The highest BCUT2D eigenvalue weighted by Crippen LogP contribution is 2.27. The maximum absolute atomic E-state index is 12.4. The molecule has 0 amide bonds. The Bertz CT molecular complexity index is 209. The molecule has 4 nitrogen and oxygen atoms in total. The maximum Gasteiger partial charge on any atom is 0.102 e. The van der Waals surface area contributed by atoms with E-state index in [-0.39, 0.29) is 4.65 Å². The number of hydroxylamine groups is 3. The summed E-state index contributed by atoms with van der Waals surface area (Å²) in [5.74, 6) is 0.639. The molecule has 1 N–H and O–H groups in total. The molecule has 0 atom stereocenters. The van der Waals surface area contributed by atoms with Crippen molar-refractivity contribution in [3.63, 3.8) is 0 Å². The zero-order valence-electron chi connectivity index (χ0n) is 10.3. The van der Waals surface area contributed by atoms with Crippen LogP contribution in [0.4, 0.5) is 0 Å². The smallest absolute Gasteiger partial charge is 0.102 e. The van der Waals surface area contributed by atoms with Gasteiger partial charge in [-0.05, 0) is 32.7 Å². The molecule has 0 unspecified atom stereocenters. The number of ether oxygens (including phenoxy) is 1. The van der Waals surface area contributed by atoms with Gasteiger partial charge in [0.1, 0.15) is 13.1 Å². The van der Waals surface area contributed by atoms with Crippen LogP contribution in [-0.2, 0) is 4.74 Å². The second-order valence-electron chi connectivity index (χ2n) is 5.31. The highest BCUT2D eigenvalue weighted by Gasteiger charge is 2.28. The number of quaternary nitrogens is 1. The monoisotopic (exact) mass is 228 g/mol. The summed E-state index contributed by atoms with van der Waals surface area (Å²) in [6.45, 7) is 3.43. The van der Waals surface area contributed by atoms with E-state index < -0.39 is 0 Å². The first-order valence-corrected chi connectivity index (χ1v) is 6.54. The fourth-order valence-electron chi connectivity index (χ4n) is 2.96. The Labute approximate surface area is 98.1 Å². The second-order valence-corrected chi connectivity index (χ2v) is 5.31. The van der Waals surface area contributed by atoms with E-state index in [1.165, 1.54) is 25.7 Å². The van der Waals surface area contributed by atoms with Gasteiger partial charge in [0.05, 0.1) is 19.8 Å². The minimum atomic E-state index is -0.00507. The summed E-state index contributed by atoms with van der Waals surface area (Å²) in [5.41, 5.74) is 0. The van der Waals surface area contributed by atoms with Gasteiger partial charge < -0.3 is 19.9 Å². The van der Waals surface area contributed by atoms with E-state index >= 15 is 0 Å². The summed E-state index contributed by atoms with van der Waals surface area (Å²) < 4.78 is 5.26. The molecular formula is C12H24N2O2. The molecule has 1 heterocycles. The van der Waals surface area contributed by atoms with Crippen molar-refractivity contribution in [3.8, 4) is 0 Å². The van der Waals surface area contributed by atoms with Crippen LogP contribution >= 0.6 is 0 Å². The molecule has 0 aromatic heterocycles. The molecule has 0 aromatic rings. The number of nitrogens with zero attached hydrogens (tertiary/aromatic N) is 1. The third-order valence-electron chi connectivity index (χ3n) is 4.13. The van der Waals surface area contributed by atoms with E-state index in [2.05, 4.69) is 5.32 Å². The van der Waals surface area contributed by atoms with Crippen molar-refractivity contribution in [2.24, 2.45) is 5.92 Å². The van der Waals surface area contributed by atoms with Gasteiger partial charge in [-0.3, -0.25) is 0 Å². The standard InChI is InChI=1S/C12H24N2O2/c1-13-12-4-2-11(3-5-12)10-14(15)6-8-16-9-7-14/h11-13H,2-10H2,1H3. The van der Waals surface area contributed by atoms with E-state index in [0.29, 0.717) is 38.3 Å². The van der Waals surface area contributed by atoms with Gasteiger partial charge in [-0.25, -0.2) is 0 Å². The first kappa shape index (κ1) is 12.3. The second kappa shape index (κ2) is 5.45. The maximum atomic E-state index is 12.4. The van der Waals surface area contributed by atoms with E-state index in [4.69, 9.17) is 4.74 Å². The van der Waals surface area contributed by atoms with Crippen molar-refractivity contribution in [1.29, 1.82) is 0 Å². The highest BCUT2D eigenvalue weighted by molar-refractivity contribution is 4.76. The fraction of sp³-hybridized carbons (Fsp3) is 1.00. The van der Waals surface area contributed by atoms with E-state index in [9.17, 15) is 5.21 Å². The van der Waals surface area contributed by atoms with Crippen molar-refractivity contribution < 1.29 is 9.38 Å². The molecule has 0 bridgehead atoms. The number of hydrogen-bond acceptors (Lipinski definition) is 3. The molecule has 16 heavy (non-hydrogen) atoms. The molecule has 1 saturated heterocycles. The van der Waals surface area contributed by atoms with Crippen LogP contribution in [0, 0.1) is 11.1 Å². The lowest BCUT2D eigenvalue weighted by Crippen LogP contribution is -2.53. The van der Waals surface area contributed by atoms with Crippen LogP contribution < -0.4 is 5.32 Å². The molecule has 2 aliphatic rings. The predicted octanol–water partition coefficient (Wildman–Crippen LogP) is 1.11. The summed E-state index contributed by atoms with van der Waals surface area (Å²) in [6, 6.07) is 0.682. The topological polar surface area (TPSA) is 44.3 Å². The number of hydrogen-bond donors (Lipinski definition) is 1. The number of rotatable bonds is 3. The molecule has 0 spiro atoms. The minimum Gasteiger partial charge on any atom is -0.633 e. The Hall–Kier alpha value is -0.160. The molecule has 1 saturated carbocycles. The van der Waals surface area contributed by atoms with E-state index in [1.807, 2.05) is 7.05 Å². The largest absolute Gasteiger partial charge is 0.633 e. The Morgan fingerprint density at radius 3 is 2.38 bits per heavy atom. The normalized spacial score (nSPS) is 34.9. The lowest BCUT2D eigenvalue weighted by molar-refractivity contribution is -0.892. The molecule has 2 fully saturated rings. The molecule has 0 radical (unpaired) electrons. The average Bonchev–Trinajstić information content (AvgIpc) is 2.30. The molecule has 2 rings (SSSR count). The van der Waals surface area contributed by atoms with Gasteiger partial charge in [-0.2, -0.15) is 0 Å². The zero-order chi connectivity index (χ0) is 11.4. The van der Waals surface area contributed by atoms with Crippen LogP contribution in [0.1, 0.15) is 25.7 Å². The fourth-order valence-corrected chi connectivity index (χ4v) is 2.96. The first-order valence-electron chi connectivity index (χ1n) is 6.54. The van der Waals surface area contributed by atoms with Gasteiger partial charge in [-0.15, -0.1) is 0 Å². The van der Waals surface area contributed by atoms with Gasteiger partial charge in [0.2, 0.25) is 0 Å². The van der Waals surface area contributed by atoms with Gasteiger partial charge in [0.15, 0.2) is 0 Å². The van der Waals surface area contributed by atoms with Gasteiger partial charge >= 0.3 is 0 Å². The summed E-state index contributed by atoms with van der Waals surface area (Å²) in [7, 11) is 2.04. The third kappa shape index (κ3) is 3.17.